The quantitative estimate of drug-likeness (QED) is 0.495. The zero-order chi connectivity index (χ0) is 12.8. The van der Waals surface area contributed by atoms with Crippen LogP contribution < -0.4 is 5.73 Å². The van der Waals surface area contributed by atoms with E-state index in [1.807, 2.05) is 0 Å². The number of unbranched alkanes of at least 4 members (excludes halogenated alkanes) is 3. The maximum atomic E-state index is 9.96. The third-order valence-corrected chi connectivity index (χ3v) is 1.84. The van der Waals surface area contributed by atoms with E-state index in [0.29, 0.717) is 19.3 Å². The molecule has 0 aliphatic rings. The smallest absolute Gasteiger partial charge is 0.303 e. The van der Waals surface area contributed by atoms with Crippen LogP contribution in [0.3, 0.4) is 0 Å². The van der Waals surface area contributed by atoms with Gasteiger partial charge in [0.25, 0.3) is 0 Å². The fourth-order valence-electron chi connectivity index (χ4n) is 0.947. The highest BCUT2D eigenvalue weighted by molar-refractivity contribution is 5.73. The van der Waals surface area contributed by atoms with E-state index in [9.17, 15) is 9.59 Å². The van der Waals surface area contributed by atoms with Crippen molar-refractivity contribution in [3.05, 3.63) is 12.7 Å². The molecule has 94 valence electrons. The van der Waals surface area contributed by atoms with Crippen LogP contribution in [-0.2, 0) is 9.59 Å². The molecule has 0 atom stereocenters. The second-order valence-electron chi connectivity index (χ2n) is 3.50. The molecule has 16 heavy (non-hydrogen) atoms. The Kier molecular flexibility index (Phi) is 14.6. The van der Waals surface area contributed by atoms with Crippen molar-refractivity contribution in [2.45, 2.75) is 51.9 Å². The first kappa shape index (κ1) is 17.1. The fourth-order valence-corrected chi connectivity index (χ4v) is 0.947. The van der Waals surface area contributed by atoms with Gasteiger partial charge in [-0.1, -0.05) is 32.3 Å². The minimum Gasteiger partial charge on any atom is -0.481 e. The van der Waals surface area contributed by atoms with Crippen molar-refractivity contribution < 1.29 is 14.7 Å². The number of hydrogen-bond acceptors (Lipinski definition) is 2. The van der Waals surface area contributed by atoms with Gasteiger partial charge < -0.3 is 10.8 Å². The summed E-state index contributed by atoms with van der Waals surface area (Å²) in [6.45, 7) is 5.54. The number of carbonyl (C=O) groups excluding carboxylic acids is 1. The van der Waals surface area contributed by atoms with Gasteiger partial charge in [0, 0.05) is 12.8 Å². The van der Waals surface area contributed by atoms with Gasteiger partial charge in [0.2, 0.25) is 5.91 Å². The van der Waals surface area contributed by atoms with Gasteiger partial charge in [-0.2, -0.15) is 0 Å². The maximum absolute atomic E-state index is 9.96. The largest absolute Gasteiger partial charge is 0.481 e. The summed E-state index contributed by atoms with van der Waals surface area (Å²) in [6, 6.07) is 0. The zero-order valence-corrected chi connectivity index (χ0v) is 10.1. The Labute approximate surface area is 97.5 Å². The number of nitrogens with two attached hydrogens (primary N) is 1. The Morgan fingerprint density at radius 1 is 1.25 bits per heavy atom. The molecule has 0 radical (unpaired) electrons. The van der Waals surface area contributed by atoms with Crippen LogP contribution in [0.1, 0.15) is 51.9 Å². The third-order valence-electron chi connectivity index (χ3n) is 1.84. The molecule has 0 aliphatic heterocycles. The molecular weight excluding hydrogens is 206 g/mol. The van der Waals surface area contributed by atoms with Crippen molar-refractivity contribution in [2.75, 3.05) is 0 Å². The van der Waals surface area contributed by atoms with E-state index >= 15 is 0 Å². The van der Waals surface area contributed by atoms with E-state index in [0.717, 1.165) is 19.3 Å². The van der Waals surface area contributed by atoms with Crippen molar-refractivity contribution in [1.29, 1.82) is 0 Å². The average molecular weight is 229 g/mol. The van der Waals surface area contributed by atoms with E-state index in [1.165, 1.54) is 6.42 Å². The van der Waals surface area contributed by atoms with Gasteiger partial charge in [-0.3, -0.25) is 9.59 Å². The van der Waals surface area contributed by atoms with Crippen molar-refractivity contribution in [2.24, 2.45) is 5.73 Å². The van der Waals surface area contributed by atoms with Crippen LogP contribution in [0.25, 0.3) is 0 Å². The lowest BCUT2D eigenvalue weighted by Gasteiger charge is -1.92. The third kappa shape index (κ3) is 23.0. The monoisotopic (exact) mass is 229 g/mol. The Balaban J connectivity index is 0. The van der Waals surface area contributed by atoms with Crippen molar-refractivity contribution in [3.8, 4) is 0 Å². The van der Waals surface area contributed by atoms with Crippen LogP contribution in [0.15, 0.2) is 12.7 Å². The molecule has 0 bridgehead atoms. The molecule has 4 heteroatoms. The Bertz CT molecular complexity index is 202. The van der Waals surface area contributed by atoms with Crippen LogP contribution in [-0.4, -0.2) is 17.0 Å². The number of primary amides is 1. The van der Waals surface area contributed by atoms with Crippen molar-refractivity contribution in [1.82, 2.24) is 0 Å². The Morgan fingerprint density at radius 3 is 2.19 bits per heavy atom. The molecule has 0 fully saturated rings. The first-order valence-corrected chi connectivity index (χ1v) is 5.65. The average Bonchev–Trinajstić information content (AvgIpc) is 2.22. The number of carboxylic acids is 1. The molecule has 0 aromatic heterocycles. The predicted octanol–water partition coefficient (Wildman–Crippen LogP) is 2.48. The predicted molar refractivity (Wildman–Crippen MR) is 65.0 cm³/mol. The van der Waals surface area contributed by atoms with Crippen molar-refractivity contribution in [3.63, 3.8) is 0 Å². The van der Waals surface area contributed by atoms with Gasteiger partial charge in [0.1, 0.15) is 0 Å². The van der Waals surface area contributed by atoms with Gasteiger partial charge in [-0.15, -0.1) is 6.58 Å². The summed E-state index contributed by atoms with van der Waals surface area (Å²) in [5.74, 6) is -0.939. The molecule has 0 aromatic rings. The zero-order valence-electron chi connectivity index (χ0n) is 10.1. The number of carboxylic acid groups (broad SMARTS) is 1. The van der Waals surface area contributed by atoms with E-state index in [-0.39, 0.29) is 5.91 Å². The highest BCUT2D eigenvalue weighted by Gasteiger charge is 1.93. The van der Waals surface area contributed by atoms with E-state index in [1.54, 1.807) is 6.08 Å². The second kappa shape index (κ2) is 13.7. The lowest BCUT2D eigenvalue weighted by atomic mass is 10.2. The Morgan fingerprint density at radius 2 is 1.88 bits per heavy atom. The summed E-state index contributed by atoms with van der Waals surface area (Å²) >= 11 is 0. The number of carbonyl (C=O) groups is 2. The first-order chi connectivity index (χ1) is 7.54. The van der Waals surface area contributed by atoms with E-state index < -0.39 is 5.97 Å². The molecule has 0 heterocycles. The number of aliphatic carboxylic acids is 1. The molecule has 4 nitrogen and oxygen atoms in total. The molecule has 0 rings (SSSR count). The van der Waals surface area contributed by atoms with Crippen molar-refractivity contribution >= 4 is 11.9 Å². The lowest BCUT2D eigenvalue weighted by molar-refractivity contribution is -0.137. The van der Waals surface area contributed by atoms with Crippen LogP contribution in [0.5, 0.6) is 0 Å². The molecule has 0 aromatic carbocycles. The molecule has 0 aliphatic carbocycles. The standard InChI is InChI=1S/C7H14O2.C5H9NO/c1-2-3-4-5-6-7(8)9;1-2-3-4-5(6)7/h2-6H2,1H3,(H,8,9);2H,1,3-4H2,(H2,6,7). The van der Waals surface area contributed by atoms with Gasteiger partial charge >= 0.3 is 5.97 Å². The highest BCUT2D eigenvalue weighted by atomic mass is 16.4. The first-order valence-electron chi connectivity index (χ1n) is 5.65. The number of hydrogen-bond donors (Lipinski definition) is 2. The molecule has 0 saturated heterocycles. The van der Waals surface area contributed by atoms with Gasteiger partial charge in [-0.05, 0) is 12.8 Å². The summed E-state index contributed by atoms with van der Waals surface area (Å²) in [5, 5.41) is 8.21. The van der Waals surface area contributed by atoms with Gasteiger partial charge in [0.05, 0.1) is 0 Å². The Hall–Kier alpha value is -1.32. The summed E-state index contributed by atoms with van der Waals surface area (Å²) in [4.78, 5) is 19.9. The topological polar surface area (TPSA) is 80.4 Å². The van der Waals surface area contributed by atoms with Crippen LogP contribution in [0, 0.1) is 0 Å². The molecule has 0 unspecified atom stereocenters. The molecular formula is C12H23NO3. The van der Waals surface area contributed by atoms with Crippen LogP contribution in [0.4, 0.5) is 0 Å². The number of rotatable bonds is 8. The number of amides is 1. The SMILES string of the molecule is C=CCCC(N)=O.CCCCCCC(=O)O. The molecule has 0 spiro atoms. The van der Waals surface area contributed by atoms with Crippen LogP contribution >= 0.6 is 0 Å². The molecule has 0 saturated carbocycles. The summed E-state index contributed by atoms with van der Waals surface area (Å²) in [6.07, 6.45) is 7.34. The summed E-state index contributed by atoms with van der Waals surface area (Å²) < 4.78 is 0. The fraction of sp³-hybridized carbons (Fsp3) is 0.667. The summed E-state index contributed by atoms with van der Waals surface area (Å²) in [7, 11) is 0. The van der Waals surface area contributed by atoms with Gasteiger partial charge in [-0.25, -0.2) is 0 Å². The van der Waals surface area contributed by atoms with Crippen LogP contribution in [0.2, 0.25) is 0 Å². The minimum absolute atomic E-state index is 0.264. The maximum Gasteiger partial charge on any atom is 0.303 e. The normalized spacial score (nSPS) is 8.81. The van der Waals surface area contributed by atoms with E-state index in [4.69, 9.17) is 10.8 Å². The van der Waals surface area contributed by atoms with Gasteiger partial charge in [0.15, 0.2) is 0 Å². The molecule has 1 amide bonds. The minimum atomic E-state index is -0.675. The van der Waals surface area contributed by atoms with E-state index in [2.05, 4.69) is 13.5 Å². The molecule has 3 N–H and O–H groups in total. The summed E-state index contributed by atoms with van der Waals surface area (Å²) in [5.41, 5.74) is 4.79. The highest BCUT2D eigenvalue weighted by Crippen LogP contribution is 2.01. The second-order valence-corrected chi connectivity index (χ2v) is 3.50. The lowest BCUT2D eigenvalue weighted by Crippen LogP contribution is -2.08. The number of allylic oxidation sites excluding steroid dienone is 1.